The van der Waals surface area contributed by atoms with Crippen molar-refractivity contribution in [2.75, 3.05) is 20.3 Å². The van der Waals surface area contributed by atoms with Crippen molar-refractivity contribution < 1.29 is 14.3 Å². The maximum atomic E-state index is 11.9. The highest BCUT2D eigenvalue weighted by Crippen LogP contribution is 2.38. The zero-order valence-electron chi connectivity index (χ0n) is 9.62. The third-order valence-corrected chi connectivity index (χ3v) is 3.09. The maximum Gasteiger partial charge on any atom is 0.313 e. The first kappa shape index (κ1) is 12.5. The molecule has 0 aliphatic heterocycles. The summed E-state index contributed by atoms with van der Waals surface area (Å²) in [5, 5.41) is 0. The van der Waals surface area contributed by atoms with E-state index in [4.69, 9.17) is 15.2 Å². The van der Waals surface area contributed by atoms with Gasteiger partial charge in [0, 0.05) is 13.7 Å². The predicted molar refractivity (Wildman–Crippen MR) is 57.4 cm³/mol. The van der Waals surface area contributed by atoms with Crippen molar-refractivity contribution in [3.8, 4) is 0 Å². The Bertz CT molecular complexity index is 212. The number of ether oxygens (including phenoxy) is 2. The largest absolute Gasteiger partial charge is 0.460 e. The highest BCUT2D eigenvalue weighted by atomic mass is 16.6. The summed E-state index contributed by atoms with van der Waals surface area (Å²) < 4.78 is 10.3. The SMILES string of the molecule is COCC(C)OC(=O)C1(CN)CCCC1. The predicted octanol–water partition coefficient (Wildman–Crippen LogP) is 1.08. The van der Waals surface area contributed by atoms with Gasteiger partial charge in [0.05, 0.1) is 12.0 Å². The molecule has 0 radical (unpaired) electrons. The summed E-state index contributed by atoms with van der Waals surface area (Å²) in [6.45, 7) is 2.67. The average molecular weight is 215 g/mol. The fraction of sp³-hybridized carbons (Fsp3) is 0.909. The molecule has 1 rings (SSSR count). The number of carbonyl (C=O) groups excluding carboxylic acids is 1. The molecule has 0 aromatic carbocycles. The Hall–Kier alpha value is -0.610. The average Bonchev–Trinajstić information content (AvgIpc) is 2.67. The van der Waals surface area contributed by atoms with E-state index in [0.717, 1.165) is 25.7 Å². The second kappa shape index (κ2) is 5.47. The molecular weight excluding hydrogens is 194 g/mol. The second-order valence-electron chi connectivity index (χ2n) is 4.36. The van der Waals surface area contributed by atoms with Gasteiger partial charge in [-0.25, -0.2) is 0 Å². The van der Waals surface area contributed by atoms with E-state index in [-0.39, 0.29) is 12.1 Å². The molecule has 1 fully saturated rings. The lowest BCUT2D eigenvalue weighted by molar-refractivity contribution is -0.162. The van der Waals surface area contributed by atoms with Crippen LogP contribution in [0.4, 0.5) is 0 Å². The van der Waals surface area contributed by atoms with Crippen LogP contribution in [0, 0.1) is 5.41 Å². The molecule has 4 nitrogen and oxygen atoms in total. The van der Waals surface area contributed by atoms with Gasteiger partial charge in [0.1, 0.15) is 6.10 Å². The van der Waals surface area contributed by atoms with Gasteiger partial charge in [-0.1, -0.05) is 12.8 Å². The number of esters is 1. The quantitative estimate of drug-likeness (QED) is 0.697. The Morgan fingerprint density at radius 1 is 1.47 bits per heavy atom. The van der Waals surface area contributed by atoms with E-state index in [1.54, 1.807) is 7.11 Å². The first-order valence-electron chi connectivity index (χ1n) is 5.55. The standard InChI is InChI=1S/C11H21NO3/c1-9(7-14-2)15-10(13)11(8-12)5-3-4-6-11/h9H,3-8,12H2,1-2H3. The minimum atomic E-state index is -0.415. The van der Waals surface area contributed by atoms with Crippen molar-refractivity contribution in [1.82, 2.24) is 0 Å². The number of methoxy groups -OCH3 is 1. The summed E-state index contributed by atoms with van der Waals surface area (Å²) in [6.07, 6.45) is 3.69. The van der Waals surface area contributed by atoms with Gasteiger partial charge >= 0.3 is 5.97 Å². The molecular formula is C11H21NO3. The van der Waals surface area contributed by atoms with Crippen LogP contribution in [0.15, 0.2) is 0 Å². The van der Waals surface area contributed by atoms with Crippen LogP contribution in [-0.4, -0.2) is 32.3 Å². The van der Waals surface area contributed by atoms with Crippen LogP contribution in [-0.2, 0) is 14.3 Å². The third kappa shape index (κ3) is 2.92. The molecule has 4 heteroatoms. The Morgan fingerprint density at radius 3 is 2.53 bits per heavy atom. The first-order chi connectivity index (χ1) is 7.14. The van der Waals surface area contributed by atoms with Gasteiger partial charge in [-0.2, -0.15) is 0 Å². The van der Waals surface area contributed by atoms with E-state index < -0.39 is 5.41 Å². The topological polar surface area (TPSA) is 61.5 Å². The van der Waals surface area contributed by atoms with Gasteiger partial charge in [-0.05, 0) is 19.8 Å². The summed E-state index contributed by atoms with van der Waals surface area (Å²) in [4.78, 5) is 11.9. The van der Waals surface area contributed by atoms with E-state index >= 15 is 0 Å². The normalized spacial score (nSPS) is 21.3. The zero-order valence-corrected chi connectivity index (χ0v) is 9.62. The lowest BCUT2D eigenvalue weighted by Crippen LogP contribution is -2.39. The van der Waals surface area contributed by atoms with E-state index in [1.807, 2.05) is 6.92 Å². The minimum Gasteiger partial charge on any atom is -0.460 e. The van der Waals surface area contributed by atoms with E-state index in [1.165, 1.54) is 0 Å². The van der Waals surface area contributed by atoms with Crippen molar-refractivity contribution in [3.05, 3.63) is 0 Å². The summed E-state index contributed by atoms with van der Waals surface area (Å²) in [5.41, 5.74) is 5.27. The molecule has 0 amide bonds. The second-order valence-corrected chi connectivity index (χ2v) is 4.36. The van der Waals surface area contributed by atoms with Gasteiger partial charge in [0.2, 0.25) is 0 Å². The molecule has 1 aliphatic carbocycles. The summed E-state index contributed by atoms with van der Waals surface area (Å²) >= 11 is 0. The zero-order chi connectivity index (χ0) is 11.3. The highest BCUT2D eigenvalue weighted by Gasteiger charge is 2.41. The fourth-order valence-corrected chi connectivity index (χ4v) is 2.12. The molecule has 15 heavy (non-hydrogen) atoms. The van der Waals surface area contributed by atoms with Crippen LogP contribution in [0.5, 0.6) is 0 Å². The molecule has 0 aromatic rings. The summed E-state index contributed by atoms with van der Waals surface area (Å²) in [6, 6.07) is 0. The monoisotopic (exact) mass is 215 g/mol. The molecule has 2 N–H and O–H groups in total. The number of hydrogen-bond donors (Lipinski definition) is 1. The van der Waals surface area contributed by atoms with Gasteiger partial charge in [-0.3, -0.25) is 4.79 Å². The van der Waals surface area contributed by atoms with Crippen LogP contribution in [0.1, 0.15) is 32.6 Å². The third-order valence-electron chi connectivity index (χ3n) is 3.09. The van der Waals surface area contributed by atoms with E-state index in [9.17, 15) is 4.79 Å². The van der Waals surface area contributed by atoms with Crippen LogP contribution >= 0.6 is 0 Å². The molecule has 1 atom stereocenters. The molecule has 0 spiro atoms. The summed E-state index contributed by atoms with van der Waals surface area (Å²) in [7, 11) is 1.60. The minimum absolute atomic E-state index is 0.146. The van der Waals surface area contributed by atoms with Gasteiger partial charge in [0.25, 0.3) is 0 Å². The molecule has 1 saturated carbocycles. The summed E-state index contributed by atoms with van der Waals surface area (Å²) in [5.74, 6) is -0.146. The Labute approximate surface area is 91.1 Å². The molecule has 1 unspecified atom stereocenters. The van der Waals surface area contributed by atoms with Crippen LogP contribution < -0.4 is 5.73 Å². The van der Waals surface area contributed by atoms with Crippen molar-refractivity contribution in [2.45, 2.75) is 38.7 Å². The lowest BCUT2D eigenvalue weighted by atomic mass is 9.86. The number of carbonyl (C=O) groups is 1. The van der Waals surface area contributed by atoms with Crippen molar-refractivity contribution >= 4 is 5.97 Å². The number of nitrogens with two attached hydrogens (primary N) is 1. The van der Waals surface area contributed by atoms with Crippen LogP contribution in [0.3, 0.4) is 0 Å². The van der Waals surface area contributed by atoms with Gasteiger partial charge in [0.15, 0.2) is 0 Å². The molecule has 88 valence electrons. The highest BCUT2D eigenvalue weighted by molar-refractivity contribution is 5.77. The Kier molecular flexibility index (Phi) is 4.54. The van der Waals surface area contributed by atoms with Gasteiger partial charge in [-0.15, -0.1) is 0 Å². The Balaban J connectivity index is 2.50. The molecule has 1 aliphatic rings. The number of rotatable bonds is 5. The van der Waals surface area contributed by atoms with Gasteiger partial charge < -0.3 is 15.2 Å². The molecule has 0 aromatic heterocycles. The van der Waals surface area contributed by atoms with E-state index in [2.05, 4.69) is 0 Å². The fourth-order valence-electron chi connectivity index (χ4n) is 2.12. The molecule has 0 heterocycles. The number of hydrogen-bond acceptors (Lipinski definition) is 4. The molecule has 0 saturated heterocycles. The van der Waals surface area contributed by atoms with Crippen molar-refractivity contribution in [1.29, 1.82) is 0 Å². The lowest BCUT2D eigenvalue weighted by Gasteiger charge is -2.26. The van der Waals surface area contributed by atoms with Crippen LogP contribution in [0.2, 0.25) is 0 Å². The van der Waals surface area contributed by atoms with Crippen molar-refractivity contribution in [3.63, 3.8) is 0 Å². The first-order valence-corrected chi connectivity index (χ1v) is 5.55. The molecule has 0 bridgehead atoms. The maximum absolute atomic E-state index is 11.9. The van der Waals surface area contributed by atoms with Crippen molar-refractivity contribution in [2.24, 2.45) is 11.1 Å². The van der Waals surface area contributed by atoms with Crippen LogP contribution in [0.25, 0.3) is 0 Å². The smallest absolute Gasteiger partial charge is 0.313 e. The Morgan fingerprint density at radius 2 is 2.07 bits per heavy atom. The van der Waals surface area contributed by atoms with E-state index in [0.29, 0.717) is 13.2 Å².